The molecule has 5 heteroatoms. The van der Waals surface area contributed by atoms with E-state index >= 15 is 0 Å². The summed E-state index contributed by atoms with van der Waals surface area (Å²) >= 11 is 0. The van der Waals surface area contributed by atoms with Crippen molar-refractivity contribution in [2.75, 3.05) is 20.8 Å². The molecule has 1 amide bonds. The number of nitrogens with zero attached hydrogens (tertiary/aromatic N) is 1. The molecule has 4 nitrogen and oxygen atoms in total. The first-order chi connectivity index (χ1) is 9.49. The number of rotatable bonds is 7. The molecule has 1 aromatic rings. The largest absolute Gasteiger partial charge is 0.493 e. The number of carbonyl (C=O) groups is 1. The van der Waals surface area contributed by atoms with E-state index in [1.165, 1.54) is 6.08 Å². The van der Waals surface area contributed by atoms with Gasteiger partial charge in [-0.05, 0) is 18.1 Å². The van der Waals surface area contributed by atoms with Crippen LogP contribution in [0.1, 0.15) is 19.4 Å². The number of amides is 1. The molecule has 0 N–H and O–H groups in total. The number of hydrogen-bond donors (Lipinski definition) is 0. The van der Waals surface area contributed by atoms with Gasteiger partial charge in [0.1, 0.15) is 0 Å². The quantitative estimate of drug-likeness (QED) is 0.725. The van der Waals surface area contributed by atoms with Crippen LogP contribution in [0.4, 0.5) is 0 Å². The number of halogens is 1. The highest BCUT2D eigenvalue weighted by Crippen LogP contribution is 2.32. The molecule has 0 aliphatic heterocycles. The second-order valence-electron chi connectivity index (χ2n) is 5.05. The molecule has 0 aliphatic rings. The standard InChI is InChI=1S/C16H23NO3.ClH/c1-6-15(18)17(4)10-13-8-7-9-14(19-5)16(13)20-11-12(2)3;/h6-9,12H,1,10-11H2,2-5H3;1H. The summed E-state index contributed by atoms with van der Waals surface area (Å²) < 4.78 is 11.2. The van der Waals surface area contributed by atoms with E-state index in [0.717, 1.165) is 5.56 Å². The lowest BCUT2D eigenvalue weighted by Crippen LogP contribution is -2.24. The second kappa shape index (κ2) is 9.29. The first-order valence-electron chi connectivity index (χ1n) is 6.65. The average molecular weight is 314 g/mol. The lowest BCUT2D eigenvalue weighted by Gasteiger charge is -2.20. The fourth-order valence-electron chi connectivity index (χ4n) is 1.75. The van der Waals surface area contributed by atoms with Gasteiger partial charge in [0.15, 0.2) is 11.5 Å². The normalized spacial score (nSPS) is 9.76. The van der Waals surface area contributed by atoms with Crippen LogP contribution < -0.4 is 9.47 Å². The van der Waals surface area contributed by atoms with E-state index < -0.39 is 0 Å². The van der Waals surface area contributed by atoms with Crippen LogP contribution in [0.5, 0.6) is 11.5 Å². The highest BCUT2D eigenvalue weighted by Gasteiger charge is 2.14. The summed E-state index contributed by atoms with van der Waals surface area (Å²) in [5.41, 5.74) is 0.919. The van der Waals surface area contributed by atoms with Gasteiger partial charge in [-0.25, -0.2) is 0 Å². The van der Waals surface area contributed by atoms with Crippen LogP contribution in [0.2, 0.25) is 0 Å². The van der Waals surface area contributed by atoms with Crippen LogP contribution in [0.15, 0.2) is 30.9 Å². The Kier molecular flexibility index (Phi) is 8.55. The third kappa shape index (κ3) is 5.68. The Labute approximate surface area is 133 Å². The lowest BCUT2D eigenvalue weighted by molar-refractivity contribution is -0.125. The molecule has 0 bridgehead atoms. The van der Waals surface area contributed by atoms with Crippen LogP contribution >= 0.6 is 12.4 Å². The van der Waals surface area contributed by atoms with Crippen molar-refractivity contribution in [2.45, 2.75) is 20.4 Å². The molecule has 0 saturated carbocycles. The van der Waals surface area contributed by atoms with Gasteiger partial charge in [0.05, 0.1) is 13.7 Å². The van der Waals surface area contributed by atoms with Crippen LogP contribution in [-0.4, -0.2) is 31.6 Å². The van der Waals surface area contributed by atoms with Crippen molar-refractivity contribution in [3.05, 3.63) is 36.4 Å². The van der Waals surface area contributed by atoms with Gasteiger partial charge in [-0.2, -0.15) is 0 Å². The van der Waals surface area contributed by atoms with E-state index in [-0.39, 0.29) is 18.3 Å². The first-order valence-corrected chi connectivity index (χ1v) is 6.65. The maximum Gasteiger partial charge on any atom is 0.245 e. The summed E-state index contributed by atoms with van der Waals surface area (Å²) in [7, 11) is 3.34. The molecule has 0 heterocycles. The lowest BCUT2D eigenvalue weighted by atomic mass is 10.1. The van der Waals surface area contributed by atoms with Crippen LogP contribution in [0.3, 0.4) is 0 Å². The Hall–Kier alpha value is -1.68. The van der Waals surface area contributed by atoms with Gasteiger partial charge < -0.3 is 14.4 Å². The number of carbonyl (C=O) groups excluding carboxylic acids is 1. The van der Waals surface area contributed by atoms with Crippen LogP contribution in [-0.2, 0) is 11.3 Å². The third-order valence-corrected chi connectivity index (χ3v) is 2.80. The SMILES string of the molecule is C=CC(=O)N(C)Cc1cccc(OC)c1OCC(C)C.Cl. The molecule has 0 unspecified atom stereocenters. The van der Waals surface area contributed by atoms with Crippen LogP contribution in [0.25, 0.3) is 0 Å². The summed E-state index contributed by atoms with van der Waals surface area (Å²) in [5.74, 6) is 1.68. The molecule has 0 atom stereocenters. The molecule has 0 saturated heterocycles. The fourth-order valence-corrected chi connectivity index (χ4v) is 1.75. The maximum absolute atomic E-state index is 11.6. The Bertz CT molecular complexity index is 475. The Balaban J connectivity index is 0.00000400. The minimum atomic E-state index is -0.123. The minimum Gasteiger partial charge on any atom is -0.493 e. The van der Waals surface area contributed by atoms with E-state index in [4.69, 9.17) is 9.47 Å². The molecule has 118 valence electrons. The van der Waals surface area contributed by atoms with Gasteiger partial charge >= 0.3 is 0 Å². The van der Waals surface area contributed by atoms with Crippen LogP contribution in [0, 0.1) is 5.92 Å². The zero-order valence-corrected chi connectivity index (χ0v) is 13.9. The molecular formula is C16H24ClNO3. The molecule has 21 heavy (non-hydrogen) atoms. The number of para-hydroxylation sites is 1. The second-order valence-corrected chi connectivity index (χ2v) is 5.05. The van der Waals surface area contributed by atoms with E-state index in [2.05, 4.69) is 20.4 Å². The maximum atomic E-state index is 11.6. The van der Waals surface area contributed by atoms with Crippen molar-refractivity contribution in [1.82, 2.24) is 4.90 Å². The van der Waals surface area contributed by atoms with Crippen molar-refractivity contribution in [1.29, 1.82) is 0 Å². The fraction of sp³-hybridized carbons (Fsp3) is 0.438. The number of methoxy groups -OCH3 is 1. The summed E-state index contributed by atoms with van der Waals surface area (Å²) in [6, 6.07) is 5.68. The zero-order valence-electron chi connectivity index (χ0n) is 13.1. The minimum absolute atomic E-state index is 0. The highest BCUT2D eigenvalue weighted by molar-refractivity contribution is 5.86. The third-order valence-electron chi connectivity index (χ3n) is 2.80. The Morgan fingerprint density at radius 1 is 1.43 bits per heavy atom. The van der Waals surface area contributed by atoms with Crippen molar-refractivity contribution in [3.63, 3.8) is 0 Å². The van der Waals surface area contributed by atoms with Gasteiger partial charge in [0.2, 0.25) is 5.91 Å². The molecule has 1 rings (SSSR count). The first kappa shape index (κ1) is 19.3. The van der Waals surface area contributed by atoms with E-state index in [9.17, 15) is 4.79 Å². The predicted octanol–water partition coefficient (Wildman–Crippen LogP) is 3.30. The monoisotopic (exact) mass is 313 g/mol. The van der Waals surface area contributed by atoms with E-state index in [0.29, 0.717) is 30.6 Å². The van der Waals surface area contributed by atoms with Crippen molar-refractivity contribution < 1.29 is 14.3 Å². The predicted molar refractivity (Wildman–Crippen MR) is 87.2 cm³/mol. The topological polar surface area (TPSA) is 38.8 Å². The van der Waals surface area contributed by atoms with Crippen molar-refractivity contribution >= 4 is 18.3 Å². The van der Waals surface area contributed by atoms with Gasteiger partial charge in [0.25, 0.3) is 0 Å². The van der Waals surface area contributed by atoms with Gasteiger partial charge in [-0.3, -0.25) is 4.79 Å². The summed E-state index contributed by atoms with van der Waals surface area (Å²) in [4.78, 5) is 13.2. The number of benzene rings is 1. The molecule has 1 aromatic carbocycles. The molecule has 0 aromatic heterocycles. The van der Waals surface area contributed by atoms with Crippen molar-refractivity contribution in [2.24, 2.45) is 5.92 Å². The van der Waals surface area contributed by atoms with Gasteiger partial charge in [-0.1, -0.05) is 32.6 Å². The van der Waals surface area contributed by atoms with Gasteiger partial charge in [0, 0.05) is 19.2 Å². The Morgan fingerprint density at radius 2 is 2.10 bits per heavy atom. The molecule has 0 radical (unpaired) electrons. The summed E-state index contributed by atoms with van der Waals surface area (Å²) in [5, 5.41) is 0. The Morgan fingerprint density at radius 3 is 2.62 bits per heavy atom. The van der Waals surface area contributed by atoms with E-state index in [1.807, 2.05) is 18.2 Å². The highest BCUT2D eigenvalue weighted by atomic mass is 35.5. The number of hydrogen-bond acceptors (Lipinski definition) is 3. The number of likely N-dealkylation sites (N-methyl/N-ethyl adjacent to an activating group) is 1. The smallest absolute Gasteiger partial charge is 0.245 e. The van der Waals surface area contributed by atoms with Gasteiger partial charge in [-0.15, -0.1) is 12.4 Å². The molecule has 0 spiro atoms. The molecule has 0 aliphatic carbocycles. The molecule has 0 fully saturated rings. The number of ether oxygens (including phenoxy) is 2. The van der Waals surface area contributed by atoms with E-state index in [1.54, 1.807) is 19.1 Å². The average Bonchev–Trinajstić information content (AvgIpc) is 2.44. The summed E-state index contributed by atoms with van der Waals surface area (Å²) in [6.07, 6.45) is 1.30. The van der Waals surface area contributed by atoms with Crippen molar-refractivity contribution in [3.8, 4) is 11.5 Å². The molecular weight excluding hydrogens is 290 g/mol. The zero-order chi connectivity index (χ0) is 15.1. The summed E-state index contributed by atoms with van der Waals surface area (Å²) in [6.45, 7) is 8.72.